The number of fused-ring (bicyclic) bond motifs is 1. The maximum absolute atomic E-state index is 12.9. The first kappa shape index (κ1) is 18.1. The number of aromatic nitrogens is 1. The van der Waals surface area contributed by atoms with Crippen LogP contribution in [-0.2, 0) is 10.1 Å². The molecule has 0 saturated carbocycles. The molecule has 0 saturated heterocycles. The fraction of sp³-hybridized carbons (Fsp3) is 0.0952. The van der Waals surface area contributed by atoms with Crippen LogP contribution >= 0.6 is 0 Å². The number of ether oxygens (including phenoxy) is 1. The second kappa shape index (κ2) is 7.01. The molecule has 3 aromatic carbocycles. The van der Waals surface area contributed by atoms with Crippen molar-refractivity contribution in [1.82, 2.24) is 4.98 Å². The number of para-hydroxylation sites is 4. The third kappa shape index (κ3) is 3.20. The van der Waals surface area contributed by atoms with E-state index in [-0.39, 0.29) is 22.3 Å². The molecule has 0 bridgehead atoms. The number of aryl methyl sites for hydroxylation is 1. The zero-order chi connectivity index (χ0) is 19.7. The molecular weight excluding hydrogens is 378 g/mol. The summed E-state index contributed by atoms with van der Waals surface area (Å²) >= 11 is 0. The van der Waals surface area contributed by atoms with Crippen molar-refractivity contribution in [2.75, 3.05) is 7.11 Å². The van der Waals surface area contributed by atoms with Crippen LogP contribution in [0.5, 0.6) is 11.5 Å². The predicted octanol–water partition coefficient (Wildman–Crippen LogP) is 4.58. The van der Waals surface area contributed by atoms with Gasteiger partial charge in [-0.3, -0.25) is 0 Å². The van der Waals surface area contributed by atoms with Crippen LogP contribution in [-0.4, -0.2) is 20.5 Å². The van der Waals surface area contributed by atoms with E-state index in [0.717, 1.165) is 0 Å². The standard InChI is InChI=1S/C21H17NO5S/c1-14-8-7-9-15(21-22-16-10-3-4-11-17(16)26-21)20(14)27-28(23,24)19-13-6-5-12-18(19)25-2/h3-13H,1-2H3. The predicted molar refractivity (Wildman–Crippen MR) is 105 cm³/mol. The molecule has 28 heavy (non-hydrogen) atoms. The van der Waals surface area contributed by atoms with E-state index < -0.39 is 10.1 Å². The number of methoxy groups -OCH3 is 1. The number of hydrogen-bond acceptors (Lipinski definition) is 6. The summed E-state index contributed by atoms with van der Waals surface area (Å²) < 4.78 is 42.4. The molecule has 4 aromatic rings. The maximum Gasteiger partial charge on any atom is 0.342 e. The van der Waals surface area contributed by atoms with Gasteiger partial charge in [0.15, 0.2) is 11.3 Å². The molecule has 7 heteroatoms. The molecule has 142 valence electrons. The van der Waals surface area contributed by atoms with E-state index in [2.05, 4.69) is 4.98 Å². The van der Waals surface area contributed by atoms with Gasteiger partial charge in [-0.1, -0.05) is 36.4 Å². The minimum Gasteiger partial charge on any atom is -0.495 e. The molecule has 0 fully saturated rings. The van der Waals surface area contributed by atoms with Gasteiger partial charge in [-0.25, -0.2) is 4.98 Å². The van der Waals surface area contributed by atoms with Gasteiger partial charge in [-0.2, -0.15) is 8.42 Å². The normalized spacial score (nSPS) is 11.5. The summed E-state index contributed by atoms with van der Waals surface area (Å²) in [6.45, 7) is 1.76. The molecule has 0 spiro atoms. The molecule has 0 radical (unpaired) electrons. The van der Waals surface area contributed by atoms with E-state index in [1.54, 1.807) is 49.4 Å². The third-order valence-electron chi connectivity index (χ3n) is 4.27. The maximum atomic E-state index is 12.9. The van der Waals surface area contributed by atoms with Crippen molar-refractivity contribution in [2.24, 2.45) is 0 Å². The Morgan fingerprint density at radius 1 is 0.929 bits per heavy atom. The van der Waals surface area contributed by atoms with Crippen LogP contribution in [0.4, 0.5) is 0 Å². The van der Waals surface area contributed by atoms with Crippen molar-refractivity contribution in [3.8, 4) is 23.0 Å². The first-order chi connectivity index (χ1) is 13.5. The third-order valence-corrected chi connectivity index (χ3v) is 5.53. The van der Waals surface area contributed by atoms with E-state index in [4.69, 9.17) is 13.3 Å². The van der Waals surface area contributed by atoms with Crippen molar-refractivity contribution < 1.29 is 21.8 Å². The molecule has 1 heterocycles. The van der Waals surface area contributed by atoms with Crippen LogP contribution in [0.3, 0.4) is 0 Å². The van der Waals surface area contributed by atoms with Gasteiger partial charge >= 0.3 is 10.1 Å². The Balaban J connectivity index is 1.82. The second-order valence-corrected chi connectivity index (χ2v) is 7.64. The fourth-order valence-corrected chi connectivity index (χ4v) is 4.07. The lowest BCUT2D eigenvalue weighted by atomic mass is 10.1. The van der Waals surface area contributed by atoms with Crippen molar-refractivity contribution in [3.05, 3.63) is 72.3 Å². The number of rotatable bonds is 5. The van der Waals surface area contributed by atoms with Crippen LogP contribution in [0.2, 0.25) is 0 Å². The summed E-state index contributed by atoms with van der Waals surface area (Å²) in [5, 5.41) is 0. The number of hydrogen-bond donors (Lipinski definition) is 0. The molecule has 4 rings (SSSR count). The molecular formula is C21H17NO5S. The van der Waals surface area contributed by atoms with Crippen LogP contribution in [0.15, 0.2) is 76.0 Å². The fourth-order valence-electron chi connectivity index (χ4n) is 2.90. The van der Waals surface area contributed by atoms with Gasteiger partial charge in [-0.05, 0) is 42.8 Å². The highest BCUT2D eigenvalue weighted by molar-refractivity contribution is 7.87. The summed E-state index contributed by atoms with van der Waals surface area (Å²) in [7, 11) is -2.72. The molecule has 0 atom stereocenters. The van der Waals surface area contributed by atoms with Gasteiger partial charge in [0.25, 0.3) is 0 Å². The molecule has 0 aliphatic heterocycles. The Labute approximate surface area is 162 Å². The molecule has 0 aliphatic rings. The summed E-state index contributed by atoms with van der Waals surface area (Å²) in [5.41, 5.74) is 2.38. The van der Waals surface area contributed by atoms with Gasteiger partial charge in [0.05, 0.1) is 12.7 Å². The number of benzene rings is 3. The van der Waals surface area contributed by atoms with E-state index in [1.165, 1.54) is 13.2 Å². The molecule has 0 amide bonds. The smallest absolute Gasteiger partial charge is 0.342 e. The van der Waals surface area contributed by atoms with Crippen molar-refractivity contribution in [1.29, 1.82) is 0 Å². The van der Waals surface area contributed by atoms with E-state index in [0.29, 0.717) is 22.2 Å². The summed E-state index contributed by atoms with van der Waals surface area (Å²) in [5.74, 6) is 0.662. The van der Waals surface area contributed by atoms with E-state index in [1.807, 2.05) is 18.2 Å². The van der Waals surface area contributed by atoms with Crippen LogP contribution < -0.4 is 8.92 Å². The summed E-state index contributed by atoms with van der Waals surface area (Å²) in [6.07, 6.45) is 0. The molecule has 0 N–H and O–H groups in total. The van der Waals surface area contributed by atoms with Gasteiger partial charge in [-0.15, -0.1) is 0 Å². The highest BCUT2D eigenvalue weighted by Crippen LogP contribution is 2.37. The first-order valence-corrected chi connectivity index (χ1v) is 9.93. The van der Waals surface area contributed by atoms with Crippen molar-refractivity contribution in [3.63, 3.8) is 0 Å². The topological polar surface area (TPSA) is 78.6 Å². The lowest BCUT2D eigenvalue weighted by molar-refractivity contribution is 0.398. The average molecular weight is 395 g/mol. The quantitative estimate of drug-likeness (QED) is 0.460. The van der Waals surface area contributed by atoms with Gasteiger partial charge in [0.2, 0.25) is 5.89 Å². The monoisotopic (exact) mass is 395 g/mol. The van der Waals surface area contributed by atoms with Crippen LogP contribution in [0, 0.1) is 6.92 Å². The zero-order valence-corrected chi connectivity index (χ0v) is 16.1. The SMILES string of the molecule is COc1ccccc1S(=O)(=O)Oc1c(C)cccc1-c1nc2ccccc2o1. The van der Waals surface area contributed by atoms with E-state index in [9.17, 15) is 8.42 Å². The van der Waals surface area contributed by atoms with Gasteiger partial charge in [0, 0.05) is 0 Å². The van der Waals surface area contributed by atoms with Crippen LogP contribution in [0.25, 0.3) is 22.6 Å². The Kier molecular flexibility index (Phi) is 4.52. The lowest BCUT2D eigenvalue weighted by Crippen LogP contribution is -2.12. The Morgan fingerprint density at radius 2 is 1.68 bits per heavy atom. The van der Waals surface area contributed by atoms with E-state index >= 15 is 0 Å². The molecule has 1 aromatic heterocycles. The first-order valence-electron chi connectivity index (χ1n) is 8.52. The lowest BCUT2D eigenvalue weighted by Gasteiger charge is -2.14. The minimum absolute atomic E-state index is 0.0516. The highest BCUT2D eigenvalue weighted by atomic mass is 32.2. The second-order valence-electron chi connectivity index (χ2n) is 6.13. The molecule has 0 unspecified atom stereocenters. The zero-order valence-electron chi connectivity index (χ0n) is 15.2. The minimum atomic E-state index is -4.13. The summed E-state index contributed by atoms with van der Waals surface area (Å²) in [6, 6.07) is 18.9. The Bertz CT molecular complexity index is 1230. The number of oxazole rings is 1. The Morgan fingerprint density at radius 3 is 2.46 bits per heavy atom. The van der Waals surface area contributed by atoms with Crippen LogP contribution in [0.1, 0.15) is 5.56 Å². The Hall–Kier alpha value is -3.32. The molecule has 6 nitrogen and oxygen atoms in total. The van der Waals surface area contributed by atoms with Gasteiger partial charge in [0.1, 0.15) is 16.2 Å². The highest BCUT2D eigenvalue weighted by Gasteiger charge is 2.25. The van der Waals surface area contributed by atoms with Gasteiger partial charge < -0.3 is 13.3 Å². The van der Waals surface area contributed by atoms with Crippen molar-refractivity contribution in [2.45, 2.75) is 11.8 Å². The number of nitrogens with zero attached hydrogens (tertiary/aromatic N) is 1. The molecule has 0 aliphatic carbocycles. The van der Waals surface area contributed by atoms with Crippen molar-refractivity contribution >= 4 is 21.2 Å². The average Bonchev–Trinajstić information content (AvgIpc) is 3.13. The largest absolute Gasteiger partial charge is 0.495 e. The summed E-state index contributed by atoms with van der Waals surface area (Å²) in [4.78, 5) is 4.40.